The molecule has 49 heavy (non-hydrogen) atoms. The van der Waals surface area contributed by atoms with Crippen molar-refractivity contribution in [3.05, 3.63) is 0 Å². The van der Waals surface area contributed by atoms with E-state index in [4.69, 9.17) is 47.4 Å². The second kappa shape index (κ2) is 17.7. The van der Waals surface area contributed by atoms with Crippen molar-refractivity contribution in [2.24, 2.45) is 5.92 Å². The average molecular weight is 704 g/mol. The fourth-order valence-electron chi connectivity index (χ4n) is 5.58. The van der Waals surface area contributed by atoms with Crippen LogP contribution in [0.5, 0.6) is 0 Å². The molecule has 0 unspecified atom stereocenters. The minimum Gasteiger partial charge on any atom is -0.463 e. The van der Waals surface area contributed by atoms with Crippen molar-refractivity contribution < 1.29 is 80.9 Å². The second-order valence-corrected chi connectivity index (χ2v) is 12.0. The quantitative estimate of drug-likeness (QED) is 0.186. The standard InChI is InChI=1S/C31H45NO17/c1-13(21-9-10-21)42-31-29(28(46-20(8)39)26(44-18(6)37)23(48-31)12-41-16(4)35)49-30-24(32-14(2)33)27(45-19(7)38)25(43-17(5)36)22(47-30)11-40-15(3)34/h13,21-31H,9-12H2,1-8H3,(H,32,33)/t13-,22-,23-,24-,25-,26-,27-,28+,29+,30+,31+/m1/s1. The maximum absolute atomic E-state index is 12.5. The van der Waals surface area contributed by atoms with Gasteiger partial charge in [-0.1, -0.05) is 0 Å². The Morgan fingerprint density at radius 1 is 0.592 bits per heavy atom. The van der Waals surface area contributed by atoms with Gasteiger partial charge in [-0.2, -0.15) is 0 Å². The molecule has 0 aromatic heterocycles. The Balaban J connectivity index is 2.14. The smallest absolute Gasteiger partial charge is 0.303 e. The van der Waals surface area contributed by atoms with Crippen LogP contribution in [-0.4, -0.2) is 122 Å². The van der Waals surface area contributed by atoms with E-state index in [-0.39, 0.29) is 5.92 Å². The first-order valence-electron chi connectivity index (χ1n) is 15.8. The monoisotopic (exact) mass is 703 g/mol. The molecule has 3 fully saturated rings. The van der Waals surface area contributed by atoms with Crippen LogP contribution in [0.15, 0.2) is 0 Å². The molecule has 18 heteroatoms. The molecule has 3 rings (SSSR count). The van der Waals surface area contributed by atoms with Crippen LogP contribution in [0.1, 0.15) is 68.2 Å². The van der Waals surface area contributed by atoms with Crippen molar-refractivity contribution in [1.82, 2.24) is 5.32 Å². The van der Waals surface area contributed by atoms with Gasteiger partial charge in [-0.15, -0.1) is 0 Å². The van der Waals surface area contributed by atoms with Gasteiger partial charge in [0.05, 0.1) is 6.10 Å². The Kier molecular flexibility index (Phi) is 14.3. The van der Waals surface area contributed by atoms with E-state index in [1.54, 1.807) is 6.92 Å². The number of nitrogens with one attached hydrogen (secondary N) is 1. The van der Waals surface area contributed by atoms with E-state index in [9.17, 15) is 33.6 Å². The molecule has 3 aliphatic rings. The molecule has 2 aliphatic heterocycles. The summed E-state index contributed by atoms with van der Waals surface area (Å²) < 4.78 is 57.5. The SMILES string of the molecule is CC(=O)N[C@H]1[C@H](O[C@@H]2[C@@H](O[C@H](C)C3CC3)O[C@H](COC(C)=O)[C@@H](OC(C)=O)[C@@H]2OC(C)=O)O[C@H](COC(C)=O)[C@@H](OC(C)=O)[C@@H]1OC(C)=O. The first-order valence-corrected chi connectivity index (χ1v) is 15.8. The predicted molar refractivity (Wildman–Crippen MR) is 159 cm³/mol. The zero-order chi connectivity index (χ0) is 36.6. The van der Waals surface area contributed by atoms with Crippen LogP contribution in [0.2, 0.25) is 0 Å². The molecule has 2 saturated heterocycles. The third-order valence-electron chi connectivity index (χ3n) is 7.64. The van der Waals surface area contributed by atoms with Gasteiger partial charge in [0, 0.05) is 48.5 Å². The Labute approximate surface area is 282 Å². The molecular weight excluding hydrogens is 658 g/mol. The number of amides is 1. The Morgan fingerprint density at radius 2 is 1.02 bits per heavy atom. The number of ether oxygens (including phenoxy) is 10. The lowest BCUT2D eigenvalue weighted by atomic mass is 9.94. The number of esters is 6. The van der Waals surface area contributed by atoms with Crippen LogP contribution in [-0.2, 0) is 80.9 Å². The summed E-state index contributed by atoms with van der Waals surface area (Å²) in [6.45, 7) is 8.72. The number of hydrogen-bond acceptors (Lipinski definition) is 17. The van der Waals surface area contributed by atoms with Gasteiger partial charge in [-0.3, -0.25) is 33.6 Å². The van der Waals surface area contributed by atoms with E-state index in [1.165, 1.54) is 13.8 Å². The maximum atomic E-state index is 12.5. The van der Waals surface area contributed by atoms with Crippen molar-refractivity contribution in [3.8, 4) is 0 Å². The summed E-state index contributed by atoms with van der Waals surface area (Å²) in [5.41, 5.74) is 0. The second-order valence-electron chi connectivity index (χ2n) is 12.0. The third kappa shape index (κ3) is 11.9. The highest BCUT2D eigenvalue weighted by Gasteiger charge is 2.57. The Bertz CT molecular complexity index is 1240. The topological polar surface area (TPSA) is 224 Å². The fourth-order valence-corrected chi connectivity index (χ4v) is 5.58. The van der Waals surface area contributed by atoms with Gasteiger partial charge < -0.3 is 52.7 Å². The summed E-state index contributed by atoms with van der Waals surface area (Å²) in [5.74, 6) is -5.09. The molecule has 0 radical (unpaired) electrons. The van der Waals surface area contributed by atoms with Crippen LogP contribution in [0.3, 0.4) is 0 Å². The summed E-state index contributed by atoms with van der Waals surface area (Å²) in [6, 6.07) is -1.40. The summed E-state index contributed by atoms with van der Waals surface area (Å²) in [6.07, 6.45) is -11.5. The molecular formula is C31H45NO17. The number of hydrogen-bond donors (Lipinski definition) is 1. The molecule has 1 amide bonds. The van der Waals surface area contributed by atoms with Gasteiger partial charge in [0.2, 0.25) is 5.91 Å². The predicted octanol–water partition coefficient (Wildman–Crippen LogP) is -0.00580. The fraction of sp³-hybridized carbons (Fsp3) is 0.774. The van der Waals surface area contributed by atoms with E-state index >= 15 is 0 Å². The molecule has 1 aliphatic carbocycles. The minimum atomic E-state index is -1.63. The van der Waals surface area contributed by atoms with Gasteiger partial charge in [0.25, 0.3) is 0 Å². The van der Waals surface area contributed by atoms with Crippen molar-refractivity contribution in [3.63, 3.8) is 0 Å². The number of carbonyl (C=O) groups excluding carboxylic acids is 7. The van der Waals surface area contributed by atoms with Crippen LogP contribution in [0.25, 0.3) is 0 Å². The lowest BCUT2D eigenvalue weighted by Crippen LogP contribution is -2.69. The molecule has 18 nitrogen and oxygen atoms in total. The summed E-state index contributed by atoms with van der Waals surface area (Å²) in [7, 11) is 0. The molecule has 0 aromatic rings. The van der Waals surface area contributed by atoms with Gasteiger partial charge in [-0.05, 0) is 25.7 Å². The van der Waals surface area contributed by atoms with Crippen LogP contribution in [0.4, 0.5) is 0 Å². The number of carbonyl (C=O) groups is 7. The summed E-state index contributed by atoms with van der Waals surface area (Å²) in [4.78, 5) is 85.3. The lowest BCUT2D eigenvalue weighted by molar-refractivity contribution is -0.361. The number of rotatable bonds is 14. The molecule has 1 saturated carbocycles. The highest BCUT2D eigenvalue weighted by atomic mass is 16.8. The van der Waals surface area contributed by atoms with Crippen LogP contribution in [0, 0.1) is 5.92 Å². The van der Waals surface area contributed by atoms with Gasteiger partial charge in [0.1, 0.15) is 31.5 Å². The van der Waals surface area contributed by atoms with Crippen molar-refractivity contribution in [2.75, 3.05) is 13.2 Å². The first kappa shape index (κ1) is 39.6. The molecule has 11 atom stereocenters. The molecule has 0 aromatic carbocycles. The van der Waals surface area contributed by atoms with Crippen LogP contribution < -0.4 is 5.32 Å². The highest BCUT2D eigenvalue weighted by Crippen LogP contribution is 2.39. The van der Waals surface area contributed by atoms with Crippen molar-refractivity contribution in [2.45, 2.75) is 136 Å². The molecule has 0 spiro atoms. The lowest BCUT2D eigenvalue weighted by Gasteiger charge is -2.49. The van der Waals surface area contributed by atoms with E-state index in [0.717, 1.165) is 47.5 Å². The van der Waals surface area contributed by atoms with Crippen molar-refractivity contribution in [1.29, 1.82) is 0 Å². The van der Waals surface area contributed by atoms with E-state index in [2.05, 4.69) is 5.32 Å². The average Bonchev–Trinajstić information content (AvgIpc) is 3.81. The molecule has 276 valence electrons. The van der Waals surface area contributed by atoms with E-state index in [1.807, 2.05) is 0 Å². The van der Waals surface area contributed by atoms with Crippen molar-refractivity contribution >= 4 is 41.7 Å². The molecule has 1 N–H and O–H groups in total. The normalized spacial score (nSPS) is 31.7. The van der Waals surface area contributed by atoms with E-state index in [0.29, 0.717) is 0 Å². The molecule has 2 heterocycles. The van der Waals surface area contributed by atoms with Gasteiger partial charge >= 0.3 is 35.8 Å². The minimum absolute atomic E-state index is 0.165. The zero-order valence-electron chi connectivity index (χ0n) is 28.7. The van der Waals surface area contributed by atoms with Gasteiger partial charge in [0.15, 0.2) is 43.1 Å². The maximum Gasteiger partial charge on any atom is 0.303 e. The molecule has 0 bridgehead atoms. The zero-order valence-corrected chi connectivity index (χ0v) is 28.7. The summed E-state index contributed by atoms with van der Waals surface area (Å²) >= 11 is 0. The van der Waals surface area contributed by atoms with E-state index < -0.39 is 122 Å². The van der Waals surface area contributed by atoms with Gasteiger partial charge in [-0.25, -0.2) is 0 Å². The largest absolute Gasteiger partial charge is 0.463 e. The third-order valence-corrected chi connectivity index (χ3v) is 7.64. The highest BCUT2D eigenvalue weighted by molar-refractivity contribution is 5.74. The first-order chi connectivity index (χ1) is 23.0. The van der Waals surface area contributed by atoms with Crippen LogP contribution >= 0.6 is 0 Å². The summed E-state index contributed by atoms with van der Waals surface area (Å²) in [5, 5.41) is 2.59. The Morgan fingerprint density at radius 3 is 1.45 bits per heavy atom. The Hall–Kier alpha value is -3.87.